The number of nitrogens with zero attached hydrogens (tertiary/aromatic N) is 3. The number of carbonyl (C=O) groups excluding carboxylic acids is 3. The maximum Gasteiger partial charge on any atom is 0.335 e. The number of pyridine rings is 1. The van der Waals surface area contributed by atoms with Crippen LogP contribution in [-0.2, 0) is 22.6 Å². The average Bonchev–Trinajstić information content (AvgIpc) is 3.01. The van der Waals surface area contributed by atoms with E-state index in [4.69, 9.17) is 14.2 Å². The third kappa shape index (κ3) is 5.11. The zero-order valence-electron chi connectivity index (χ0n) is 25.1. The molecule has 11 heteroatoms. The number of aromatic nitrogens is 1. The van der Waals surface area contributed by atoms with Crippen LogP contribution in [0.2, 0.25) is 0 Å². The maximum atomic E-state index is 14.8. The molecule has 1 N–H and O–H groups in total. The minimum absolute atomic E-state index is 0.0160. The lowest BCUT2D eigenvalue weighted by Gasteiger charge is -2.47. The van der Waals surface area contributed by atoms with Crippen molar-refractivity contribution < 1.29 is 28.6 Å². The molecule has 2 bridgehead atoms. The van der Waals surface area contributed by atoms with Crippen molar-refractivity contribution in [2.45, 2.75) is 32.2 Å². The van der Waals surface area contributed by atoms with E-state index in [1.54, 1.807) is 61.7 Å². The van der Waals surface area contributed by atoms with E-state index in [2.05, 4.69) is 10.2 Å². The normalized spacial score (nSPS) is 23.2. The first-order valence-electron chi connectivity index (χ1n) is 14.8. The molecule has 2 fully saturated rings. The third-order valence-corrected chi connectivity index (χ3v) is 8.91. The lowest BCUT2D eigenvalue weighted by atomic mass is 9.75. The Kier molecular flexibility index (Phi) is 7.89. The van der Waals surface area contributed by atoms with E-state index < -0.39 is 23.3 Å². The van der Waals surface area contributed by atoms with Crippen molar-refractivity contribution in [2.75, 3.05) is 45.4 Å². The van der Waals surface area contributed by atoms with Gasteiger partial charge in [0.05, 0.1) is 26.5 Å². The van der Waals surface area contributed by atoms with E-state index in [-0.39, 0.29) is 36.0 Å². The molecule has 0 radical (unpaired) electrons. The van der Waals surface area contributed by atoms with Gasteiger partial charge in [-0.25, -0.2) is 9.69 Å². The maximum absolute atomic E-state index is 14.8. The van der Waals surface area contributed by atoms with Crippen molar-refractivity contribution in [3.63, 3.8) is 0 Å². The highest BCUT2D eigenvalue weighted by atomic mass is 16.5. The van der Waals surface area contributed by atoms with Crippen molar-refractivity contribution in [1.82, 2.24) is 14.8 Å². The van der Waals surface area contributed by atoms with Gasteiger partial charge in [-0.05, 0) is 49.1 Å². The van der Waals surface area contributed by atoms with Gasteiger partial charge < -0.3 is 23.7 Å². The number of hydrogen-bond acceptors (Lipinski definition) is 8. The van der Waals surface area contributed by atoms with Gasteiger partial charge in [-0.2, -0.15) is 0 Å². The summed E-state index contributed by atoms with van der Waals surface area (Å²) in [6.45, 7) is 3.95. The molecule has 3 atom stereocenters. The molecular formula is C33H36N4O7. The Morgan fingerprint density at radius 3 is 2.50 bits per heavy atom. The minimum Gasteiger partial charge on any atom is -0.497 e. The van der Waals surface area contributed by atoms with Gasteiger partial charge in [0.15, 0.2) is 0 Å². The molecule has 6 rings (SSSR count). The van der Waals surface area contributed by atoms with Crippen molar-refractivity contribution >= 4 is 23.5 Å². The SMILES string of the molecule is CCOc1ccccc1N1C(=O)NC(=O)[C@@](Cc2ccc(OC)cc2OC)(CN2C[C@@H]3C[C@H](C2)c2cccc(=O)n2C3)C1=O. The largest absolute Gasteiger partial charge is 0.497 e. The number of piperidine rings is 1. The van der Waals surface area contributed by atoms with Crippen LogP contribution in [0.5, 0.6) is 17.2 Å². The Balaban J connectivity index is 1.42. The van der Waals surface area contributed by atoms with E-state index in [1.165, 1.54) is 7.11 Å². The van der Waals surface area contributed by atoms with Gasteiger partial charge in [-0.3, -0.25) is 19.7 Å². The third-order valence-electron chi connectivity index (χ3n) is 8.91. The van der Waals surface area contributed by atoms with Gasteiger partial charge in [0.1, 0.15) is 22.7 Å². The first-order valence-corrected chi connectivity index (χ1v) is 14.8. The number of imide groups is 2. The molecule has 0 spiro atoms. The molecule has 4 amide bonds. The van der Waals surface area contributed by atoms with Gasteiger partial charge in [0, 0.05) is 56.3 Å². The van der Waals surface area contributed by atoms with Crippen LogP contribution >= 0.6 is 0 Å². The Labute approximate surface area is 255 Å². The summed E-state index contributed by atoms with van der Waals surface area (Å²) in [5, 5.41) is 2.50. The Morgan fingerprint density at radius 1 is 0.909 bits per heavy atom. The fourth-order valence-electron chi connectivity index (χ4n) is 6.99. The predicted octanol–water partition coefficient (Wildman–Crippen LogP) is 3.20. The summed E-state index contributed by atoms with van der Waals surface area (Å²) in [6, 6.07) is 16.6. The van der Waals surface area contributed by atoms with Crippen LogP contribution in [0, 0.1) is 11.3 Å². The number of urea groups is 1. The number of barbiturate groups is 1. The zero-order chi connectivity index (χ0) is 31.0. The number of ether oxygens (including phenoxy) is 3. The molecule has 4 heterocycles. The molecule has 1 aromatic heterocycles. The lowest BCUT2D eigenvalue weighted by Crippen LogP contribution is -2.68. The second-order valence-electron chi connectivity index (χ2n) is 11.6. The quantitative estimate of drug-likeness (QED) is 0.372. The highest BCUT2D eigenvalue weighted by molar-refractivity contribution is 6.30. The van der Waals surface area contributed by atoms with Crippen molar-refractivity contribution in [1.29, 1.82) is 0 Å². The van der Waals surface area contributed by atoms with Crippen LogP contribution in [0.15, 0.2) is 65.5 Å². The number of likely N-dealkylation sites (tertiary alicyclic amines) is 1. The van der Waals surface area contributed by atoms with E-state index >= 15 is 0 Å². The molecular weight excluding hydrogens is 564 g/mol. The molecule has 44 heavy (non-hydrogen) atoms. The second kappa shape index (κ2) is 11.8. The predicted molar refractivity (Wildman–Crippen MR) is 162 cm³/mol. The first-order chi connectivity index (χ1) is 21.3. The number of methoxy groups -OCH3 is 2. The van der Waals surface area contributed by atoms with Gasteiger partial charge in [-0.1, -0.05) is 24.3 Å². The first kappa shape index (κ1) is 29.4. The fourth-order valence-corrected chi connectivity index (χ4v) is 6.99. The summed E-state index contributed by atoms with van der Waals surface area (Å²) in [7, 11) is 3.07. The molecule has 11 nitrogen and oxygen atoms in total. The minimum atomic E-state index is -1.68. The van der Waals surface area contributed by atoms with Crippen LogP contribution in [0.3, 0.4) is 0 Å². The highest BCUT2D eigenvalue weighted by Gasteiger charge is 2.56. The lowest BCUT2D eigenvalue weighted by molar-refractivity contribution is -0.144. The van der Waals surface area contributed by atoms with Crippen molar-refractivity contribution in [3.05, 3.63) is 82.3 Å². The number of nitrogens with one attached hydrogen (secondary N) is 1. The topological polar surface area (TPSA) is 119 Å². The molecule has 3 aliphatic heterocycles. The molecule has 2 aromatic carbocycles. The Morgan fingerprint density at radius 2 is 1.73 bits per heavy atom. The number of para-hydroxylation sites is 2. The smallest absolute Gasteiger partial charge is 0.335 e. The number of fused-ring (bicyclic) bond motifs is 4. The highest BCUT2D eigenvalue weighted by Crippen LogP contribution is 2.42. The van der Waals surface area contributed by atoms with Crippen molar-refractivity contribution in [2.24, 2.45) is 11.3 Å². The fraction of sp³-hybridized carbons (Fsp3) is 0.394. The van der Waals surface area contributed by atoms with Crippen LogP contribution in [0.25, 0.3) is 0 Å². The standard InChI is InChI=1S/C33H36N4O7/c1-4-44-27-10-6-5-8-26(27)37-31(40)33(30(39)34-32(37)41,16-22-12-13-24(42-2)15-28(22)43-3)20-35-17-21-14-23(19-35)25-9-7-11-29(38)36(25)18-21/h5-13,15,21,23H,4,14,16-20H2,1-3H3,(H,34,39,41)/t21-,23+,33+/m0/s1. The summed E-state index contributed by atoms with van der Waals surface area (Å²) < 4.78 is 18.6. The molecule has 2 saturated heterocycles. The summed E-state index contributed by atoms with van der Waals surface area (Å²) in [4.78, 5) is 58.0. The zero-order valence-corrected chi connectivity index (χ0v) is 25.1. The number of hydrogen-bond donors (Lipinski definition) is 1. The summed E-state index contributed by atoms with van der Waals surface area (Å²) >= 11 is 0. The van der Waals surface area contributed by atoms with E-state index in [9.17, 15) is 19.2 Å². The number of amides is 4. The Hall–Kier alpha value is -4.64. The van der Waals surface area contributed by atoms with Crippen LogP contribution in [0.1, 0.15) is 30.5 Å². The van der Waals surface area contributed by atoms with Gasteiger partial charge in [0.25, 0.3) is 11.5 Å². The summed E-state index contributed by atoms with van der Waals surface area (Å²) in [5.74, 6) is 0.338. The summed E-state index contributed by atoms with van der Waals surface area (Å²) in [6.07, 6.45) is 0.902. The van der Waals surface area contributed by atoms with Gasteiger partial charge in [0.2, 0.25) is 5.91 Å². The molecule has 0 unspecified atom stereocenters. The van der Waals surface area contributed by atoms with Crippen LogP contribution in [0.4, 0.5) is 10.5 Å². The van der Waals surface area contributed by atoms with Crippen LogP contribution in [-0.4, -0.2) is 67.8 Å². The molecule has 0 saturated carbocycles. The number of carbonyl (C=O) groups is 3. The van der Waals surface area contributed by atoms with Crippen molar-refractivity contribution in [3.8, 4) is 17.2 Å². The number of anilines is 1. The monoisotopic (exact) mass is 600 g/mol. The molecule has 230 valence electrons. The van der Waals surface area contributed by atoms with Crippen LogP contribution < -0.4 is 30.0 Å². The van der Waals surface area contributed by atoms with Gasteiger partial charge in [-0.15, -0.1) is 0 Å². The average molecular weight is 601 g/mol. The van der Waals surface area contributed by atoms with E-state index in [0.29, 0.717) is 49.1 Å². The van der Waals surface area contributed by atoms with E-state index in [0.717, 1.165) is 17.0 Å². The van der Waals surface area contributed by atoms with Gasteiger partial charge >= 0.3 is 6.03 Å². The molecule has 0 aliphatic carbocycles. The summed E-state index contributed by atoms with van der Waals surface area (Å²) in [5.41, 5.74) is 0.151. The number of benzene rings is 2. The molecule has 3 aliphatic rings. The Bertz CT molecular complexity index is 1670. The van der Waals surface area contributed by atoms with E-state index in [1.807, 2.05) is 17.6 Å². The molecule has 3 aromatic rings. The number of rotatable bonds is 9. The second-order valence-corrected chi connectivity index (χ2v) is 11.6.